The van der Waals surface area contributed by atoms with Gasteiger partial charge in [0.05, 0.1) is 11.9 Å². The van der Waals surface area contributed by atoms with Crippen molar-refractivity contribution >= 4 is 5.97 Å². The van der Waals surface area contributed by atoms with Crippen LogP contribution >= 0.6 is 0 Å². The first kappa shape index (κ1) is 12.6. The number of rotatable bonds is 7. The van der Waals surface area contributed by atoms with Gasteiger partial charge in [-0.2, -0.15) is 20.7 Å². The zero-order chi connectivity index (χ0) is 12.8. The lowest BCUT2D eigenvalue weighted by Gasteiger charge is -2.09. The van der Waals surface area contributed by atoms with Gasteiger partial charge in [-0.05, 0) is 32.1 Å². The number of nitrogens with one attached hydrogen (secondary N) is 1. The van der Waals surface area contributed by atoms with Crippen LogP contribution in [0.1, 0.15) is 37.8 Å². The van der Waals surface area contributed by atoms with Gasteiger partial charge in [0.1, 0.15) is 6.07 Å². The number of hydrogen-bond acceptors (Lipinski definition) is 5. The molecule has 1 N–H and O–H groups in total. The summed E-state index contributed by atoms with van der Waals surface area (Å²) in [4.78, 5) is 11.5. The van der Waals surface area contributed by atoms with E-state index in [0.29, 0.717) is 6.42 Å². The van der Waals surface area contributed by atoms with Crippen LogP contribution in [-0.2, 0) is 16.0 Å². The summed E-state index contributed by atoms with van der Waals surface area (Å²) in [5.74, 6) is 0.00248. The van der Waals surface area contributed by atoms with E-state index in [1.165, 1.54) is 0 Å². The highest BCUT2D eigenvalue weighted by Crippen LogP contribution is 2.34. The Morgan fingerprint density at radius 1 is 1.61 bits per heavy atom. The van der Waals surface area contributed by atoms with Gasteiger partial charge in [0.25, 0.3) is 0 Å². The average molecular weight is 248 g/mol. The molecule has 1 aromatic heterocycles. The second-order valence-electron chi connectivity index (χ2n) is 4.55. The van der Waals surface area contributed by atoms with E-state index in [-0.39, 0.29) is 11.9 Å². The number of unbranched alkanes of at least 4 members (excludes halogenated alkanes) is 1. The van der Waals surface area contributed by atoms with Crippen molar-refractivity contribution in [2.24, 2.45) is 5.92 Å². The molecule has 1 aromatic rings. The zero-order valence-corrected chi connectivity index (χ0v) is 10.1. The van der Waals surface area contributed by atoms with Gasteiger partial charge in [0, 0.05) is 12.3 Å². The second-order valence-corrected chi connectivity index (χ2v) is 4.55. The van der Waals surface area contributed by atoms with Crippen molar-refractivity contribution in [3.05, 3.63) is 11.9 Å². The molecule has 96 valence electrons. The van der Waals surface area contributed by atoms with E-state index < -0.39 is 6.10 Å². The number of esters is 1. The minimum atomic E-state index is -0.534. The van der Waals surface area contributed by atoms with E-state index in [0.717, 1.165) is 37.8 Å². The molecule has 0 bridgehead atoms. The fourth-order valence-corrected chi connectivity index (χ4v) is 1.75. The number of carbonyl (C=O) groups excluding carboxylic acids is 1. The summed E-state index contributed by atoms with van der Waals surface area (Å²) in [5, 5.41) is 19.0. The summed E-state index contributed by atoms with van der Waals surface area (Å²) in [7, 11) is 0. The summed E-state index contributed by atoms with van der Waals surface area (Å²) in [6.45, 7) is 0. The summed E-state index contributed by atoms with van der Waals surface area (Å²) in [6, 6.07) is 2.04. The van der Waals surface area contributed by atoms with Crippen LogP contribution in [0.15, 0.2) is 6.20 Å². The van der Waals surface area contributed by atoms with E-state index in [4.69, 9.17) is 10.00 Å². The number of aromatic amines is 1. The van der Waals surface area contributed by atoms with E-state index in [1.54, 1.807) is 6.20 Å². The molecule has 0 saturated heterocycles. The molecular formula is C12H16N4O2. The quantitative estimate of drug-likeness (QED) is 0.581. The lowest BCUT2D eigenvalue weighted by Crippen LogP contribution is -2.18. The van der Waals surface area contributed by atoms with E-state index >= 15 is 0 Å². The second kappa shape index (κ2) is 6.15. The van der Waals surface area contributed by atoms with Crippen LogP contribution < -0.4 is 0 Å². The number of nitriles is 1. The fourth-order valence-electron chi connectivity index (χ4n) is 1.75. The van der Waals surface area contributed by atoms with Gasteiger partial charge in [-0.1, -0.05) is 0 Å². The molecule has 1 saturated carbocycles. The highest BCUT2D eigenvalue weighted by Gasteiger charge is 2.33. The first-order chi connectivity index (χ1) is 8.79. The lowest BCUT2D eigenvalue weighted by molar-refractivity contribution is -0.147. The minimum Gasteiger partial charge on any atom is -0.447 e. The van der Waals surface area contributed by atoms with Crippen molar-refractivity contribution < 1.29 is 9.53 Å². The Labute approximate surface area is 105 Å². The van der Waals surface area contributed by atoms with Crippen LogP contribution in [0.4, 0.5) is 0 Å². The van der Waals surface area contributed by atoms with E-state index in [1.807, 2.05) is 6.07 Å². The molecule has 2 rings (SSSR count). The zero-order valence-electron chi connectivity index (χ0n) is 10.1. The number of carbonyl (C=O) groups is 1. The Morgan fingerprint density at radius 3 is 3.06 bits per heavy atom. The Balaban J connectivity index is 1.58. The Bertz CT molecular complexity index is 420. The SMILES string of the molecule is N#C[C@@H](OC(=O)CCCCc1cn[nH]n1)C1CC1. The molecule has 0 aromatic carbocycles. The molecule has 0 aliphatic heterocycles. The van der Waals surface area contributed by atoms with Crippen molar-refractivity contribution in [2.45, 2.75) is 44.6 Å². The van der Waals surface area contributed by atoms with Gasteiger partial charge in [0.2, 0.25) is 0 Å². The van der Waals surface area contributed by atoms with Crippen LogP contribution in [0.2, 0.25) is 0 Å². The topological polar surface area (TPSA) is 91.7 Å². The Kier molecular flexibility index (Phi) is 4.29. The van der Waals surface area contributed by atoms with Gasteiger partial charge in [-0.25, -0.2) is 0 Å². The third kappa shape index (κ3) is 3.84. The smallest absolute Gasteiger partial charge is 0.307 e. The molecule has 1 aliphatic rings. The minimum absolute atomic E-state index is 0.270. The van der Waals surface area contributed by atoms with Crippen molar-refractivity contribution in [1.29, 1.82) is 5.26 Å². The number of aryl methyl sites for hydroxylation is 1. The van der Waals surface area contributed by atoms with Crippen molar-refractivity contribution in [3.8, 4) is 6.07 Å². The highest BCUT2D eigenvalue weighted by molar-refractivity contribution is 5.69. The molecule has 0 unspecified atom stereocenters. The molecule has 1 heterocycles. The normalized spacial score (nSPS) is 15.9. The largest absolute Gasteiger partial charge is 0.447 e. The monoisotopic (exact) mass is 248 g/mol. The average Bonchev–Trinajstić information content (AvgIpc) is 3.08. The molecule has 6 heteroatoms. The number of nitrogens with zero attached hydrogens (tertiary/aromatic N) is 3. The van der Waals surface area contributed by atoms with Gasteiger partial charge < -0.3 is 4.74 Å². The molecule has 18 heavy (non-hydrogen) atoms. The van der Waals surface area contributed by atoms with E-state index in [2.05, 4.69) is 15.4 Å². The third-order valence-corrected chi connectivity index (χ3v) is 2.96. The number of hydrogen-bond donors (Lipinski definition) is 1. The number of ether oxygens (including phenoxy) is 1. The molecule has 6 nitrogen and oxygen atoms in total. The molecule has 0 radical (unpaired) electrons. The van der Waals surface area contributed by atoms with Crippen molar-refractivity contribution in [2.75, 3.05) is 0 Å². The highest BCUT2D eigenvalue weighted by atomic mass is 16.5. The van der Waals surface area contributed by atoms with Gasteiger partial charge in [-0.3, -0.25) is 4.79 Å². The molecule has 1 fully saturated rings. The lowest BCUT2D eigenvalue weighted by atomic mass is 10.1. The maximum Gasteiger partial charge on any atom is 0.307 e. The van der Waals surface area contributed by atoms with Crippen LogP contribution in [0, 0.1) is 17.2 Å². The van der Waals surface area contributed by atoms with Crippen LogP contribution in [0.5, 0.6) is 0 Å². The third-order valence-electron chi connectivity index (χ3n) is 2.96. The Hall–Kier alpha value is -1.90. The maximum atomic E-state index is 11.5. The van der Waals surface area contributed by atoms with Crippen LogP contribution in [0.3, 0.4) is 0 Å². The van der Waals surface area contributed by atoms with E-state index in [9.17, 15) is 4.79 Å². The first-order valence-electron chi connectivity index (χ1n) is 6.23. The van der Waals surface area contributed by atoms with Crippen molar-refractivity contribution in [1.82, 2.24) is 15.4 Å². The van der Waals surface area contributed by atoms with Crippen molar-refractivity contribution in [3.63, 3.8) is 0 Å². The summed E-state index contributed by atoms with van der Waals surface area (Å²) in [6.07, 6.45) is 5.91. The van der Waals surface area contributed by atoms with Gasteiger partial charge in [-0.15, -0.1) is 0 Å². The van der Waals surface area contributed by atoms with Gasteiger partial charge in [0.15, 0.2) is 6.10 Å². The molecule has 0 amide bonds. The number of H-pyrrole nitrogens is 1. The maximum absolute atomic E-state index is 11.5. The Morgan fingerprint density at radius 2 is 2.44 bits per heavy atom. The number of aromatic nitrogens is 3. The standard InChI is InChI=1S/C12H16N4O2/c13-7-11(9-5-6-9)18-12(17)4-2-1-3-10-8-14-16-15-10/h8-9,11H,1-6H2,(H,14,15,16)/t11-/m1/s1. The predicted molar refractivity (Wildman–Crippen MR) is 62.2 cm³/mol. The van der Waals surface area contributed by atoms with Crippen LogP contribution in [0.25, 0.3) is 0 Å². The molecular weight excluding hydrogens is 232 g/mol. The first-order valence-corrected chi connectivity index (χ1v) is 6.23. The summed E-state index contributed by atoms with van der Waals surface area (Å²) >= 11 is 0. The van der Waals surface area contributed by atoms with Gasteiger partial charge >= 0.3 is 5.97 Å². The van der Waals surface area contributed by atoms with Crippen LogP contribution in [-0.4, -0.2) is 27.5 Å². The molecule has 0 spiro atoms. The molecule has 1 atom stereocenters. The summed E-state index contributed by atoms with van der Waals surface area (Å²) in [5.41, 5.74) is 0.899. The predicted octanol–water partition coefficient (Wildman–Crippen LogP) is 1.36. The summed E-state index contributed by atoms with van der Waals surface area (Å²) < 4.78 is 5.13. The fraction of sp³-hybridized carbons (Fsp3) is 0.667. The molecule has 1 aliphatic carbocycles.